The molecule has 0 radical (unpaired) electrons. The zero-order chi connectivity index (χ0) is 19.1. The Morgan fingerprint density at radius 2 is 1.88 bits per heavy atom. The second kappa shape index (κ2) is 9.09. The maximum Gasteiger partial charge on any atom is 0.326 e. The van der Waals surface area contributed by atoms with E-state index in [4.69, 9.17) is 5.73 Å². The van der Waals surface area contributed by atoms with Crippen LogP contribution in [-0.4, -0.2) is 39.1 Å². The fourth-order valence-electron chi connectivity index (χ4n) is 2.20. The number of hydrogen-bond acceptors (Lipinski definition) is 6. The maximum atomic E-state index is 12.1. The van der Waals surface area contributed by atoms with E-state index in [2.05, 4.69) is 5.32 Å². The minimum atomic E-state index is -1.42. The molecule has 25 heavy (non-hydrogen) atoms. The number of nitrogens with two attached hydrogens (primary N) is 1. The highest BCUT2D eigenvalue weighted by molar-refractivity contribution is 5.87. The molecule has 1 aromatic rings. The van der Waals surface area contributed by atoms with E-state index < -0.39 is 35.0 Å². The summed E-state index contributed by atoms with van der Waals surface area (Å²) in [6.45, 7) is 3.78. The number of aliphatic hydroxyl groups excluding tert-OH is 1. The fraction of sp³-hybridized carbons (Fsp3) is 0.500. The molecule has 138 valence electrons. The van der Waals surface area contributed by atoms with Gasteiger partial charge in [0.1, 0.15) is 18.2 Å². The van der Waals surface area contributed by atoms with Gasteiger partial charge in [-0.25, -0.2) is 4.79 Å². The first kappa shape index (κ1) is 20.5. The van der Waals surface area contributed by atoms with E-state index in [1.54, 1.807) is 0 Å². The number of carbonyl (C=O) groups is 2. The molecule has 1 amide bonds. The van der Waals surface area contributed by atoms with Crippen LogP contribution >= 0.6 is 0 Å². The quantitative estimate of drug-likeness (QED) is 0.380. The Bertz CT molecular complexity index is 619. The maximum absolute atomic E-state index is 12.1. The summed E-state index contributed by atoms with van der Waals surface area (Å²) in [6, 6.07) is 2.46. The van der Waals surface area contributed by atoms with Crippen LogP contribution in [0, 0.1) is 16.0 Å². The standard InChI is InChI=1S/C16H23N3O6/c1-3-9(2)8-12(16(22)23)18-15(21)13(17)14(20)10-4-6-11(7-5-10)19(24)25/h4-7,9,12-14,20H,3,8,17H2,1-2H3,(H,18,21)(H,22,23)/t9?,12-,13+,14-/m0/s1. The van der Waals surface area contributed by atoms with E-state index in [1.165, 1.54) is 24.3 Å². The van der Waals surface area contributed by atoms with E-state index in [0.717, 1.165) is 6.42 Å². The average Bonchev–Trinajstić information content (AvgIpc) is 2.59. The molecule has 0 aliphatic heterocycles. The number of hydrogen-bond donors (Lipinski definition) is 4. The smallest absolute Gasteiger partial charge is 0.326 e. The van der Waals surface area contributed by atoms with Gasteiger partial charge in [0, 0.05) is 12.1 Å². The van der Waals surface area contributed by atoms with Crippen LogP contribution in [-0.2, 0) is 9.59 Å². The molecule has 1 aromatic carbocycles. The zero-order valence-electron chi connectivity index (χ0n) is 14.1. The van der Waals surface area contributed by atoms with E-state index in [0.29, 0.717) is 0 Å². The number of non-ortho nitro benzene ring substituents is 1. The normalized spacial score (nSPS) is 15.7. The summed E-state index contributed by atoms with van der Waals surface area (Å²) in [5, 5.41) is 32.3. The third-order valence-electron chi connectivity index (χ3n) is 4.04. The lowest BCUT2D eigenvalue weighted by Crippen LogP contribution is -2.51. The monoisotopic (exact) mass is 353 g/mol. The number of aliphatic hydroxyl groups is 1. The Morgan fingerprint density at radius 1 is 1.32 bits per heavy atom. The van der Waals surface area contributed by atoms with Gasteiger partial charge in [0.2, 0.25) is 5.91 Å². The van der Waals surface area contributed by atoms with E-state index in [-0.39, 0.29) is 23.6 Å². The topological polar surface area (TPSA) is 156 Å². The van der Waals surface area contributed by atoms with Crippen LogP contribution in [0.2, 0.25) is 0 Å². The SMILES string of the molecule is CCC(C)C[C@H](NC(=O)[C@H](N)[C@@H](O)c1ccc([N+](=O)[O-])cc1)C(=O)O. The zero-order valence-corrected chi connectivity index (χ0v) is 14.1. The molecule has 1 unspecified atom stereocenters. The fourth-order valence-corrected chi connectivity index (χ4v) is 2.20. The first-order valence-corrected chi connectivity index (χ1v) is 7.88. The number of nitrogens with zero attached hydrogens (tertiary/aromatic N) is 1. The molecule has 0 saturated heterocycles. The van der Waals surface area contributed by atoms with Gasteiger partial charge < -0.3 is 21.3 Å². The number of carboxylic acids is 1. The molecule has 4 atom stereocenters. The molecule has 0 bridgehead atoms. The third kappa shape index (κ3) is 5.80. The Hall–Kier alpha value is -2.52. The number of nitro groups is 1. The molecule has 0 aliphatic rings. The Labute approximate surface area is 145 Å². The number of aliphatic carboxylic acids is 1. The molecule has 0 aliphatic carbocycles. The Kier molecular flexibility index (Phi) is 7.46. The first-order valence-electron chi connectivity index (χ1n) is 7.88. The molecule has 0 heterocycles. The van der Waals surface area contributed by atoms with Gasteiger partial charge in [-0.3, -0.25) is 14.9 Å². The van der Waals surface area contributed by atoms with Crippen LogP contribution in [0.1, 0.15) is 38.4 Å². The number of nitrogens with one attached hydrogen (secondary N) is 1. The summed E-state index contributed by atoms with van der Waals surface area (Å²) < 4.78 is 0. The number of nitro benzene ring substituents is 1. The number of carboxylic acid groups (broad SMARTS) is 1. The van der Waals surface area contributed by atoms with Gasteiger partial charge in [-0.1, -0.05) is 20.3 Å². The second-order valence-corrected chi connectivity index (χ2v) is 5.97. The molecular formula is C16H23N3O6. The van der Waals surface area contributed by atoms with Crippen LogP contribution in [0.15, 0.2) is 24.3 Å². The predicted octanol–water partition coefficient (Wildman–Crippen LogP) is 0.961. The highest BCUT2D eigenvalue weighted by atomic mass is 16.6. The lowest BCUT2D eigenvalue weighted by atomic mass is 9.98. The molecule has 9 heteroatoms. The molecule has 0 saturated carbocycles. The average molecular weight is 353 g/mol. The van der Waals surface area contributed by atoms with Gasteiger partial charge in [-0.05, 0) is 30.0 Å². The molecule has 0 fully saturated rings. The lowest BCUT2D eigenvalue weighted by molar-refractivity contribution is -0.384. The van der Waals surface area contributed by atoms with Crippen molar-refractivity contribution >= 4 is 17.6 Å². The summed E-state index contributed by atoms with van der Waals surface area (Å²) >= 11 is 0. The van der Waals surface area contributed by atoms with Crippen molar-refractivity contribution in [1.29, 1.82) is 0 Å². The van der Waals surface area contributed by atoms with Crippen molar-refractivity contribution in [2.24, 2.45) is 11.7 Å². The predicted molar refractivity (Wildman–Crippen MR) is 89.7 cm³/mol. The number of benzene rings is 1. The molecule has 5 N–H and O–H groups in total. The van der Waals surface area contributed by atoms with Crippen molar-refractivity contribution in [1.82, 2.24) is 5.32 Å². The van der Waals surface area contributed by atoms with Crippen molar-refractivity contribution in [3.05, 3.63) is 39.9 Å². The van der Waals surface area contributed by atoms with Crippen LogP contribution in [0.4, 0.5) is 5.69 Å². The minimum absolute atomic E-state index is 0.0946. The van der Waals surface area contributed by atoms with Crippen molar-refractivity contribution in [2.45, 2.75) is 44.9 Å². The number of carbonyl (C=O) groups excluding carboxylic acids is 1. The minimum Gasteiger partial charge on any atom is -0.480 e. The van der Waals surface area contributed by atoms with Crippen LogP contribution in [0.5, 0.6) is 0 Å². The van der Waals surface area contributed by atoms with E-state index >= 15 is 0 Å². The van der Waals surface area contributed by atoms with Gasteiger partial charge in [-0.2, -0.15) is 0 Å². The summed E-state index contributed by atoms with van der Waals surface area (Å²) in [4.78, 5) is 33.5. The van der Waals surface area contributed by atoms with Crippen molar-refractivity contribution < 1.29 is 24.7 Å². The number of rotatable bonds is 9. The lowest BCUT2D eigenvalue weighted by Gasteiger charge is -2.23. The summed E-state index contributed by atoms with van der Waals surface area (Å²) in [6.07, 6.45) is -0.409. The van der Waals surface area contributed by atoms with Crippen LogP contribution in [0.25, 0.3) is 0 Å². The van der Waals surface area contributed by atoms with Gasteiger partial charge in [0.25, 0.3) is 5.69 Å². The summed E-state index contributed by atoms with van der Waals surface area (Å²) in [7, 11) is 0. The highest BCUT2D eigenvalue weighted by Crippen LogP contribution is 2.20. The van der Waals surface area contributed by atoms with Gasteiger partial charge in [0.05, 0.1) is 4.92 Å². The largest absolute Gasteiger partial charge is 0.480 e. The molecule has 0 aromatic heterocycles. The van der Waals surface area contributed by atoms with Gasteiger partial charge >= 0.3 is 5.97 Å². The Balaban J connectivity index is 2.78. The van der Waals surface area contributed by atoms with Crippen LogP contribution in [0.3, 0.4) is 0 Å². The van der Waals surface area contributed by atoms with Crippen molar-refractivity contribution in [2.75, 3.05) is 0 Å². The van der Waals surface area contributed by atoms with Gasteiger partial charge in [-0.15, -0.1) is 0 Å². The Morgan fingerprint density at radius 3 is 2.32 bits per heavy atom. The molecule has 0 spiro atoms. The second-order valence-electron chi connectivity index (χ2n) is 5.97. The molecule has 9 nitrogen and oxygen atoms in total. The van der Waals surface area contributed by atoms with Gasteiger partial charge in [0.15, 0.2) is 0 Å². The first-order chi connectivity index (χ1) is 11.7. The van der Waals surface area contributed by atoms with Crippen molar-refractivity contribution in [3.63, 3.8) is 0 Å². The summed E-state index contributed by atoms with van der Waals surface area (Å²) in [5.74, 6) is -1.88. The molecular weight excluding hydrogens is 330 g/mol. The number of amides is 1. The highest BCUT2D eigenvalue weighted by Gasteiger charge is 2.29. The molecule has 1 rings (SSSR count). The van der Waals surface area contributed by atoms with Crippen LogP contribution < -0.4 is 11.1 Å². The van der Waals surface area contributed by atoms with E-state index in [9.17, 15) is 29.9 Å². The van der Waals surface area contributed by atoms with E-state index in [1.807, 2.05) is 13.8 Å². The van der Waals surface area contributed by atoms with Crippen molar-refractivity contribution in [3.8, 4) is 0 Å². The third-order valence-corrected chi connectivity index (χ3v) is 4.04. The summed E-state index contributed by atoms with van der Waals surface area (Å²) in [5.41, 5.74) is 5.78.